The zero-order chi connectivity index (χ0) is 13.1. The lowest BCUT2D eigenvalue weighted by atomic mass is 10.0. The van der Waals surface area contributed by atoms with Crippen molar-refractivity contribution < 1.29 is 14.3 Å². The molecule has 0 spiro atoms. The molecule has 1 unspecified atom stereocenters. The van der Waals surface area contributed by atoms with Crippen molar-refractivity contribution in [2.75, 3.05) is 0 Å². The monoisotopic (exact) mass is 264 g/mol. The minimum atomic E-state index is -1.27. The molecule has 0 saturated carbocycles. The number of carbonyl (C=O) groups is 1. The van der Waals surface area contributed by atoms with Gasteiger partial charge in [-0.25, -0.2) is 4.39 Å². The number of halogens is 2. The minimum absolute atomic E-state index is 0.263. The molecular weight excluding hydrogens is 255 g/mol. The average molecular weight is 265 g/mol. The summed E-state index contributed by atoms with van der Waals surface area (Å²) in [5.41, 5.74) is 0.715. The van der Waals surface area contributed by atoms with Crippen LogP contribution in [0.2, 0.25) is 5.02 Å². The highest BCUT2D eigenvalue weighted by atomic mass is 35.5. The fourth-order valence-electron chi connectivity index (χ4n) is 1.57. The maximum atomic E-state index is 12.7. The van der Waals surface area contributed by atoms with Gasteiger partial charge in [0, 0.05) is 10.6 Å². The number of ketones is 1. The van der Waals surface area contributed by atoms with E-state index in [-0.39, 0.29) is 5.56 Å². The molecule has 0 aliphatic heterocycles. The van der Waals surface area contributed by atoms with Gasteiger partial charge < -0.3 is 5.11 Å². The molecule has 0 aromatic heterocycles. The van der Waals surface area contributed by atoms with E-state index in [4.69, 9.17) is 11.6 Å². The molecule has 0 aliphatic carbocycles. The van der Waals surface area contributed by atoms with Gasteiger partial charge in [-0.3, -0.25) is 4.79 Å². The summed E-state index contributed by atoms with van der Waals surface area (Å²) in [5.74, 6) is -0.898. The highest BCUT2D eigenvalue weighted by Gasteiger charge is 2.18. The molecule has 1 atom stereocenters. The van der Waals surface area contributed by atoms with Crippen molar-refractivity contribution in [1.29, 1.82) is 0 Å². The summed E-state index contributed by atoms with van der Waals surface area (Å²) in [4.78, 5) is 11.9. The molecule has 2 rings (SSSR count). The lowest BCUT2D eigenvalue weighted by Gasteiger charge is -2.10. The van der Waals surface area contributed by atoms with Gasteiger partial charge in [0.25, 0.3) is 0 Å². The van der Waals surface area contributed by atoms with Crippen LogP contribution in [0.4, 0.5) is 4.39 Å². The van der Waals surface area contributed by atoms with Crippen LogP contribution in [0.1, 0.15) is 22.0 Å². The number of hydrogen-bond donors (Lipinski definition) is 1. The smallest absolute Gasteiger partial charge is 0.195 e. The Morgan fingerprint density at radius 2 is 1.61 bits per heavy atom. The van der Waals surface area contributed by atoms with Crippen LogP contribution in [0.3, 0.4) is 0 Å². The Morgan fingerprint density at radius 3 is 2.17 bits per heavy atom. The van der Waals surface area contributed by atoms with Gasteiger partial charge in [0.2, 0.25) is 0 Å². The molecule has 0 radical (unpaired) electrons. The van der Waals surface area contributed by atoms with Crippen LogP contribution in [0.15, 0.2) is 48.5 Å². The summed E-state index contributed by atoms with van der Waals surface area (Å²) in [5, 5.41) is 10.4. The molecule has 1 N–H and O–H groups in total. The summed E-state index contributed by atoms with van der Waals surface area (Å²) in [6.07, 6.45) is -1.27. The number of aliphatic hydroxyl groups excluding tert-OH is 1. The predicted octanol–water partition coefficient (Wildman–Crippen LogP) is 3.40. The molecular formula is C14H10ClFO2. The van der Waals surface area contributed by atoms with Crippen LogP contribution in [0.5, 0.6) is 0 Å². The molecule has 2 aromatic rings. The molecule has 0 aliphatic rings. The number of hydrogen-bond acceptors (Lipinski definition) is 2. The molecule has 4 heteroatoms. The van der Waals surface area contributed by atoms with Gasteiger partial charge in [-0.05, 0) is 42.0 Å². The number of aliphatic hydroxyl groups is 1. The maximum Gasteiger partial charge on any atom is 0.195 e. The normalized spacial score (nSPS) is 12.2. The first-order valence-corrected chi connectivity index (χ1v) is 5.69. The third-order valence-electron chi connectivity index (χ3n) is 2.56. The third kappa shape index (κ3) is 2.75. The second-order valence-electron chi connectivity index (χ2n) is 3.83. The first-order valence-electron chi connectivity index (χ1n) is 5.31. The molecule has 0 bridgehead atoms. The largest absolute Gasteiger partial charge is 0.380 e. The second kappa shape index (κ2) is 5.29. The molecule has 2 nitrogen and oxygen atoms in total. The topological polar surface area (TPSA) is 37.3 Å². The highest BCUT2D eigenvalue weighted by molar-refractivity contribution is 6.30. The Labute approximate surface area is 109 Å². The van der Waals surface area contributed by atoms with Gasteiger partial charge in [-0.15, -0.1) is 0 Å². The summed E-state index contributed by atoms with van der Waals surface area (Å²) >= 11 is 5.72. The van der Waals surface area contributed by atoms with Gasteiger partial charge >= 0.3 is 0 Å². The maximum absolute atomic E-state index is 12.7. The Bertz CT molecular complexity index is 549. The van der Waals surface area contributed by atoms with Crippen LogP contribution in [-0.2, 0) is 0 Å². The molecule has 0 heterocycles. The molecule has 0 amide bonds. The van der Waals surface area contributed by atoms with Gasteiger partial charge in [0.15, 0.2) is 5.78 Å². The summed E-state index contributed by atoms with van der Waals surface area (Å²) in [6, 6.07) is 11.4. The molecule has 2 aromatic carbocycles. The van der Waals surface area contributed by atoms with E-state index in [1.54, 1.807) is 24.3 Å². The second-order valence-corrected chi connectivity index (χ2v) is 4.26. The number of Topliss-reactive ketones (excluding diaryl/α,β-unsaturated/α-hetero) is 1. The molecule has 18 heavy (non-hydrogen) atoms. The Hall–Kier alpha value is -1.71. The van der Waals surface area contributed by atoms with Gasteiger partial charge in [0.05, 0.1) is 0 Å². The standard InChI is InChI=1S/C14H10ClFO2/c15-11-5-1-9(2-6-11)13(17)14(18)10-3-7-12(16)8-4-10/h1-8,13,17H. The van der Waals surface area contributed by atoms with Crippen LogP contribution < -0.4 is 0 Å². The van der Waals surface area contributed by atoms with Gasteiger partial charge in [0.1, 0.15) is 11.9 Å². The van der Waals surface area contributed by atoms with E-state index >= 15 is 0 Å². The summed E-state index contributed by atoms with van der Waals surface area (Å²) < 4.78 is 12.7. The highest BCUT2D eigenvalue weighted by Crippen LogP contribution is 2.20. The minimum Gasteiger partial charge on any atom is -0.380 e. The molecule has 0 saturated heterocycles. The van der Waals surface area contributed by atoms with Crippen molar-refractivity contribution in [2.24, 2.45) is 0 Å². The van der Waals surface area contributed by atoms with Crippen LogP contribution in [0.25, 0.3) is 0 Å². The lowest BCUT2D eigenvalue weighted by molar-refractivity contribution is 0.0747. The van der Waals surface area contributed by atoms with E-state index in [0.717, 1.165) is 0 Å². The number of carbonyl (C=O) groups excluding carboxylic acids is 1. The van der Waals surface area contributed by atoms with E-state index in [1.807, 2.05) is 0 Å². The fraction of sp³-hybridized carbons (Fsp3) is 0.0714. The molecule has 92 valence electrons. The average Bonchev–Trinajstić information content (AvgIpc) is 2.39. The van der Waals surface area contributed by atoms with Crippen molar-refractivity contribution >= 4 is 17.4 Å². The Kier molecular flexibility index (Phi) is 3.75. The Morgan fingerprint density at radius 1 is 1.06 bits per heavy atom. The van der Waals surface area contributed by atoms with E-state index in [9.17, 15) is 14.3 Å². The first-order chi connectivity index (χ1) is 8.58. The van der Waals surface area contributed by atoms with E-state index in [1.165, 1.54) is 24.3 Å². The first kappa shape index (κ1) is 12.7. The predicted molar refractivity (Wildman–Crippen MR) is 67.1 cm³/mol. The quantitative estimate of drug-likeness (QED) is 0.863. The number of benzene rings is 2. The van der Waals surface area contributed by atoms with E-state index < -0.39 is 17.7 Å². The third-order valence-corrected chi connectivity index (χ3v) is 2.81. The van der Waals surface area contributed by atoms with Crippen LogP contribution >= 0.6 is 11.6 Å². The molecule has 0 fully saturated rings. The van der Waals surface area contributed by atoms with E-state index in [0.29, 0.717) is 10.6 Å². The Balaban J connectivity index is 2.23. The summed E-state index contributed by atoms with van der Waals surface area (Å²) in [6.45, 7) is 0. The zero-order valence-electron chi connectivity index (χ0n) is 9.31. The van der Waals surface area contributed by atoms with Crippen molar-refractivity contribution in [3.63, 3.8) is 0 Å². The fourth-order valence-corrected chi connectivity index (χ4v) is 1.69. The van der Waals surface area contributed by atoms with Crippen molar-refractivity contribution in [2.45, 2.75) is 6.10 Å². The van der Waals surface area contributed by atoms with Crippen molar-refractivity contribution in [1.82, 2.24) is 0 Å². The summed E-state index contributed by atoms with van der Waals surface area (Å²) in [7, 11) is 0. The lowest BCUT2D eigenvalue weighted by Crippen LogP contribution is -2.12. The van der Waals surface area contributed by atoms with Gasteiger partial charge in [-0.2, -0.15) is 0 Å². The number of rotatable bonds is 3. The van der Waals surface area contributed by atoms with Crippen molar-refractivity contribution in [3.05, 3.63) is 70.5 Å². The van der Waals surface area contributed by atoms with E-state index in [2.05, 4.69) is 0 Å². The SMILES string of the molecule is O=C(c1ccc(F)cc1)C(O)c1ccc(Cl)cc1. The van der Waals surface area contributed by atoms with Crippen LogP contribution in [0, 0.1) is 5.82 Å². The van der Waals surface area contributed by atoms with Crippen LogP contribution in [-0.4, -0.2) is 10.9 Å². The van der Waals surface area contributed by atoms with Gasteiger partial charge in [-0.1, -0.05) is 23.7 Å². The van der Waals surface area contributed by atoms with Crippen molar-refractivity contribution in [3.8, 4) is 0 Å². The zero-order valence-corrected chi connectivity index (χ0v) is 10.1.